The third kappa shape index (κ3) is 5.13. The normalized spacial score (nSPS) is 13.1. The predicted molar refractivity (Wildman–Crippen MR) is 225 cm³/mol. The van der Waals surface area contributed by atoms with Gasteiger partial charge in [0.1, 0.15) is 5.52 Å². The lowest BCUT2D eigenvalue weighted by molar-refractivity contribution is 0.614. The monoisotopic (exact) mass is 724 g/mol. The average molecular weight is 725 g/mol. The van der Waals surface area contributed by atoms with Gasteiger partial charge in [-0.2, -0.15) is 0 Å². The SMILES string of the molecule is CC1(C)c2cc(-c3ccc(-c4nc(-c5ccccc5)nc(-c5cccc6c5sc5ccccc56)n4)cc3)ccc2-c2cc3nc(-c4ccccc4)oc3cc21. The first-order chi connectivity index (χ1) is 27.0. The highest BCUT2D eigenvalue weighted by Crippen LogP contribution is 2.51. The summed E-state index contributed by atoms with van der Waals surface area (Å²) in [6.45, 7) is 4.60. The van der Waals surface area contributed by atoms with Gasteiger partial charge in [-0.05, 0) is 75.8 Å². The van der Waals surface area contributed by atoms with Crippen molar-refractivity contribution in [1.29, 1.82) is 0 Å². The van der Waals surface area contributed by atoms with E-state index in [1.807, 2.05) is 48.5 Å². The van der Waals surface area contributed by atoms with Gasteiger partial charge in [0.15, 0.2) is 23.1 Å². The van der Waals surface area contributed by atoms with Crippen LogP contribution in [0.5, 0.6) is 0 Å². The van der Waals surface area contributed by atoms with E-state index >= 15 is 0 Å². The molecule has 0 atom stereocenters. The standard InChI is InChI=1S/C49H32N4OS/c1-49(2)39-26-33(24-25-34(39)38-27-41-42(28-40(38)49)54-48(50-41)32-14-7-4-8-15-32)29-20-22-31(23-21-29)46-51-45(30-12-5-3-6-13-30)52-47(53-46)37-18-11-17-36-35-16-9-10-19-43(35)55-44(36)37/h3-28H,1-2H3. The van der Waals surface area contributed by atoms with Gasteiger partial charge in [-0.3, -0.25) is 0 Å². The Labute approximate surface area is 321 Å². The summed E-state index contributed by atoms with van der Waals surface area (Å²) in [7, 11) is 0. The zero-order valence-electron chi connectivity index (χ0n) is 30.1. The summed E-state index contributed by atoms with van der Waals surface area (Å²) in [5, 5.41) is 2.47. The third-order valence-corrected chi connectivity index (χ3v) is 12.2. The van der Waals surface area contributed by atoms with E-state index in [0.29, 0.717) is 23.4 Å². The van der Waals surface area contributed by atoms with Crippen molar-refractivity contribution in [2.45, 2.75) is 19.3 Å². The van der Waals surface area contributed by atoms with Crippen molar-refractivity contribution in [3.05, 3.63) is 169 Å². The summed E-state index contributed by atoms with van der Waals surface area (Å²) in [4.78, 5) is 20.1. The molecule has 0 amide bonds. The van der Waals surface area contributed by atoms with Crippen molar-refractivity contribution in [1.82, 2.24) is 19.9 Å². The van der Waals surface area contributed by atoms with Gasteiger partial charge in [-0.1, -0.05) is 129 Å². The Morgan fingerprint density at radius 3 is 1.85 bits per heavy atom. The van der Waals surface area contributed by atoms with E-state index in [0.717, 1.165) is 44.5 Å². The molecule has 6 heteroatoms. The van der Waals surface area contributed by atoms with E-state index in [4.69, 9.17) is 24.4 Å². The molecule has 0 saturated heterocycles. The first-order valence-electron chi connectivity index (χ1n) is 18.5. The molecule has 3 heterocycles. The number of hydrogen-bond acceptors (Lipinski definition) is 6. The zero-order valence-corrected chi connectivity index (χ0v) is 30.9. The van der Waals surface area contributed by atoms with Crippen molar-refractivity contribution >= 4 is 42.6 Å². The van der Waals surface area contributed by atoms with Crippen LogP contribution < -0.4 is 0 Å². The molecule has 1 aliphatic rings. The van der Waals surface area contributed by atoms with Crippen molar-refractivity contribution in [2.24, 2.45) is 0 Å². The number of oxazole rings is 1. The fourth-order valence-electron chi connectivity index (χ4n) is 8.12. The van der Waals surface area contributed by atoms with Crippen molar-refractivity contribution in [3.8, 4) is 67.9 Å². The fraction of sp³-hybridized carbons (Fsp3) is 0.0612. The van der Waals surface area contributed by atoms with Gasteiger partial charge in [0.2, 0.25) is 5.89 Å². The Morgan fingerprint density at radius 1 is 0.455 bits per heavy atom. The summed E-state index contributed by atoms with van der Waals surface area (Å²) in [5.74, 6) is 2.62. The predicted octanol–water partition coefficient (Wildman–Crippen LogP) is 13.0. The van der Waals surface area contributed by atoms with Crippen molar-refractivity contribution in [3.63, 3.8) is 0 Å². The molecule has 0 spiro atoms. The van der Waals surface area contributed by atoms with Gasteiger partial charge in [-0.15, -0.1) is 11.3 Å². The maximum absolute atomic E-state index is 6.28. The van der Waals surface area contributed by atoms with Gasteiger partial charge in [-0.25, -0.2) is 19.9 Å². The molecular formula is C49H32N4OS. The number of thiophene rings is 1. The second kappa shape index (κ2) is 12.1. The molecule has 0 saturated carbocycles. The first-order valence-corrected chi connectivity index (χ1v) is 19.3. The quantitative estimate of drug-likeness (QED) is 0.177. The van der Waals surface area contributed by atoms with Crippen LogP contribution in [0.2, 0.25) is 0 Å². The maximum Gasteiger partial charge on any atom is 0.227 e. The highest BCUT2D eigenvalue weighted by atomic mass is 32.1. The second-order valence-electron chi connectivity index (χ2n) is 14.7. The van der Waals surface area contributed by atoms with Crippen LogP contribution in [0.3, 0.4) is 0 Å². The smallest absolute Gasteiger partial charge is 0.227 e. The van der Waals surface area contributed by atoms with Crippen molar-refractivity contribution < 1.29 is 4.42 Å². The van der Waals surface area contributed by atoms with E-state index in [1.54, 1.807) is 11.3 Å². The van der Waals surface area contributed by atoms with Crippen molar-refractivity contribution in [2.75, 3.05) is 0 Å². The molecule has 260 valence electrons. The van der Waals surface area contributed by atoms with E-state index < -0.39 is 0 Å². The molecule has 11 rings (SSSR count). The molecule has 7 aromatic carbocycles. The van der Waals surface area contributed by atoms with Gasteiger partial charge in [0.25, 0.3) is 0 Å². The Hall–Kier alpha value is -6.76. The van der Waals surface area contributed by atoms with Crippen LogP contribution in [0.15, 0.2) is 162 Å². The average Bonchev–Trinajstić information content (AvgIpc) is 3.90. The minimum Gasteiger partial charge on any atom is -0.436 e. The van der Waals surface area contributed by atoms with Crippen LogP contribution in [0, 0.1) is 0 Å². The second-order valence-corrected chi connectivity index (χ2v) is 15.7. The Bertz CT molecular complexity index is 3110. The topological polar surface area (TPSA) is 64.7 Å². The summed E-state index contributed by atoms with van der Waals surface area (Å²) < 4.78 is 8.71. The summed E-state index contributed by atoms with van der Waals surface area (Å²) >= 11 is 1.78. The lowest BCUT2D eigenvalue weighted by Crippen LogP contribution is -2.15. The molecule has 1 aliphatic carbocycles. The van der Waals surface area contributed by atoms with Crippen LogP contribution >= 0.6 is 11.3 Å². The van der Waals surface area contributed by atoms with Gasteiger partial charge in [0.05, 0.1) is 0 Å². The summed E-state index contributed by atoms with van der Waals surface area (Å²) in [5.41, 5.74) is 12.7. The lowest BCUT2D eigenvalue weighted by atomic mass is 9.81. The van der Waals surface area contributed by atoms with Gasteiger partial charge < -0.3 is 4.42 Å². The molecule has 3 aromatic heterocycles. The van der Waals surface area contributed by atoms with E-state index in [2.05, 4.69) is 123 Å². The number of aromatic nitrogens is 4. The number of fused-ring (bicyclic) bond motifs is 7. The largest absolute Gasteiger partial charge is 0.436 e. The van der Waals surface area contributed by atoms with Crippen LogP contribution in [-0.2, 0) is 5.41 Å². The molecule has 0 fully saturated rings. The summed E-state index contributed by atoms with van der Waals surface area (Å²) in [6.07, 6.45) is 0. The van der Waals surface area contributed by atoms with Crippen LogP contribution in [-0.4, -0.2) is 19.9 Å². The van der Waals surface area contributed by atoms with Gasteiger partial charge >= 0.3 is 0 Å². The van der Waals surface area contributed by atoms with Crippen LogP contribution in [0.4, 0.5) is 0 Å². The number of hydrogen-bond donors (Lipinski definition) is 0. The van der Waals surface area contributed by atoms with E-state index in [9.17, 15) is 0 Å². The molecule has 0 N–H and O–H groups in total. The minimum atomic E-state index is -0.207. The Morgan fingerprint density at radius 2 is 1.07 bits per heavy atom. The molecule has 55 heavy (non-hydrogen) atoms. The minimum absolute atomic E-state index is 0.207. The Balaban J connectivity index is 0.967. The number of rotatable bonds is 5. The highest BCUT2D eigenvalue weighted by Gasteiger charge is 2.36. The molecule has 0 radical (unpaired) electrons. The highest BCUT2D eigenvalue weighted by molar-refractivity contribution is 7.26. The zero-order chi connectivity index (χ0) is 36.7. The maximum atomic E-state index is 6.28. The molecular weight excluding hydrogens is 693 g/mol. The fourth-order valence-corrected chi connectivity index (χ4v) is 9.33. The number of nitrogens with zero attached hydrogens (tertiary/aromatic N) is 4. The summed E-state index contributed by atoms with van der Waals surface area (Å²) in [6, 6.07) is 55.0. The molecule has 0 aliphatic heterocycles. The first kappa shape index (κ1) is 31.7. The van der Waals surface area contributed by atoms with Crippen LogP contribution in [0.25, 0.3) is 99.1 Å². The van der Waals surface area contributed by atoms with E-state index in [-0.39, 0.29) is 5.41 Å². The lowest BCUT2D eigenvalue weighted by Gasteiger charge is -2.22. The van der Waals surface area contributed by atoms with E-state index in [1.165, 1.54) is 42.4 Å². The third-order valence-electron chi connectivity index (χ3n) is 11.0. The number of benzene rings is 7. The van der Waals surface area contributed by atoms with Crippen LogP contribution in [0.1, 0.15) is 25.0 Å². The van der Waals surface area contributed by atoms with Gasteiger partial charge in [0, 0.05) is 47.8 Å². The molecule has 0 unspecified atom stereocenters. The molecule has 10 aromatic rings. The Kier molecular flexibility index (Phi) is 7.00. The molecule has 5 nitrogen and oxygen atoms in total. The molecule has 0 bridgehead atoms.